The lowest BCUT2D eigenvalue weighted by Gasteiger charge is -1.93. The molecule has 0 atom stereocenters. The van der Waals surface area contributed by atoms with Crippen LogP contribution in [-0.4, -0.2) is 27.1 Å². The molecule has 0 bridgehead atoms. The normalized spacial score (nSPS) is 10.7. The fraction of sp³-hybridized carbons (Fsp3) is 0. The molecule has 0 amide bonds. The molecule has 0 radical (unpaired) electrons. The smallest absolute Gasteiger partial charge is 0.465 e. The van der Waals surface area contributed by atoms with Crippen molar-refractivity contribution in [2.75, 3.05) is 0 Å². The summed E-state index contributed by atoms with van der Waals surface area (Å²) < 4.78 is 10.8. The number of rotatable bonds is 2. The number of aromatic nitrogens is 2. The number of hydrogen-bond donors (Lipinski definition) is 2. The second-order valence-electron chi connectivity index (χ2n) is 5.95. The Labute approximate surface area is 165 Å². The molecule has 0 fully saturated rings. The molecule has 138 valence electrons. The van der Waals surface area contributed by atoms with E-state index in [0.717, 1.165) is 27.7 Å². The molecule has 3 aromatic heterocycles. The van der Waals surface area contributed by atoms with Gasteiger partial charge in [0.05, 0.1) is 5.56 Å². The number of furan rings is 2. The molecule has 0 saturated carbocycles. The Morgan fingerprint density at radius 2 is 1.36 bits per heavy atom. The van der Waals surface area contributed by atoms with Crippen LogP contribution in [0.5, 0.6) is 0 Å². The minimum atomic E-state index is -1.53. The molecule has 0 aliphatic heterocycles. The van der Waals surface area contributed by atoms with Crippen LogP contribution in [0.15, 0.2) is 81.9 Å². The minimum Gasteiger partial charge on any atom is -0.465 e. The van der Waals surface area contributed by atoms with Crippen LogP contribution in [-0.2, 0) is 0 Å². The van der Waals surface area contributed by atoms with Crippen LogP contribution < -0.4 is 5.66 Å². The van der Waals surface area contributed by atoms with Crippen LogP contribution in [0.2, 0.25) is 5.28 Å². The largest absolute Gasteiger partial charge is 0.526 e. The summed E-state index contributed by atoms with van der Waals surface area (Å²) >= 11 is 5.62. The van der Waals surface area contributed by atoms with Crippen LogP contribution in [0.25, 0.3) is 33.3 Å². The van der Waals surface area contributed by atoms with Gasteiger partial charge in [0, 0.05) is 23.2 Å². The van der Waals surface area contributed by atoms with Crippen LogP contribution >= 0.6 is 11.6 Å². The molecule has 3 heterocycles. The zero-order chi connectivity index (χ0) is 19.5. The number of fused-ring (bicyclic) bond motifs is 2. The molecule has 5 aromatic rings. The zero-order valence-electron chi connectivity index (χ0n) is 14.5. The van der Waals surface area contributed by atoms with E-state index < -0.39 is 7.12 Å². The van der Waals surface area contributed by atoms with Gasteiger partial charge in [-0.1, -0.05) is 36.4 Å². The highest BCUT2D eigenvalue weighted by atomic mass is 35.5. The van der Waals surface area contributed by atoms with E-state index in [0.29, 0.717) is 5.58 Å². The van der Waals surface area contributed by atoms with E-state index >= 15 is 0 Å². The maximum absolute atomic E-state index is 8.79. The van der Waals surface area contributed by atoms with Gasteiger partial charge in [0.2, 0.25) is 5.28 Å². The first kappa shape index (κ1) is 18.2. The Bertz CT molecular complexity index is 1150. The Morgan fingerprint density at radius 1 is 0.786 bits per heavy atom. The molecule has 28 heavy (non-hydrogen) atoms. The molecule has 0 aliphatic rings. The summed E-state index contributed by atoms with van der Waals surface area (Å²) in [6, 6.07) is 18.7. The van der Waals surface area contributed by atoms with Crippen molar-refractivity contribution >= 4 is 46.3 Å². The van der Waals surface area contributed by atoms with Gasteiger partial charge >= 0.3 is 7.12 Å². The summed E-state index contributed by atoms with van der Waals surface area (Å²) in [6.07, 6.45) is 3.29. The van der Waals surface area contributed by atoms with Gasteiger partial charge in [-0.2, -0.15) is 0 Å². The quantitative estimate of drug-likeness (QED) is 0.352. The number of nitrogens with zero attached hydrogens (tertiary/aromatic N) is 2. The zero-order valence-corrected chi connectivity index (χ0v) is 15.2. The van der Waals surface area contributed by atoms with Gasteiger partial charge in [-0.05, 0) is 35.9 Å². The number of halogens is 1. The van der Waals surface area contributed by atoms with Gasteiger partial charge in [0.15, 0.2) is 0 Å². The van der Waals surface area contributed by atoms with Gasteiger partial charge in [-0.15, -0.1) is 0 Å². The van der Waals surface area contributed by atoms with E-state index in [9.17, 15) is 0 Å². The molecule has 2 aromatic carbocycles. The number of hydrogen-bond acceptors (Lipinski definition) is 6. The molecular formula is C20H14BClN2O4. The van der Waals surface area contributed by atoms with E-state index in [-0.39, 0.29) is 10.9 Å². The van der Waals surface area contributed by atoms with Crippen molar-refractivity contribution in [2.24, 2.45) is 0 Å². The minimum absolute atomic E-state index is 0.177. The van der Waals surface area contributed by atoms with Crippen LogP contribution in [0.3, 0.4) is 0 Å². The van der Waals surface area contributed by atoms with Gasteiger partial charge in [-0.25, -0.2) is 9.97 Å². The van der Waals surface area contributed by atoms with E-state index in [1.807, 2.05) is 48.5 Å². The average molecular weight is 393 g/mol. The third-order valence-corrected chi connectivity index (χ3v) is 4.22. The Morgan fingerprint density at radius 3 is 1.93 bits per heavy atom. The summed E-state index contributed by atoms with van der Waals surface area (Å²) in [5.74, 6) is 0.748. The number of para-hydroxylation sites is 2. The third-order valence-electron chi connectivity index (χ3n) is 4.03. The molecule has 0 spiro atoms. The fourth-order valence-corrected chi connectivity index (χ4v) is 2.79. The fourth-order valence-electron chi connectivity index (χ4n) is 2.69. The van der Waals surface area contributed by atoms with Crippen LogP contribution in [0.4, 0.5) is 0 Å². The Balaban J connectivity index is 0.000000143. The van der Waals surface area contributed by atoms with E-state index in [2.05, 4.69) is 9.97 Å². The summed E-state index contributed by atoms with van der Waals surface area (Å²) in [6.45, 7) is 0. The first-order chi connectivity index (χ1) is 13.6. The second kappa shape index (κ2) is 7.86. The molecule has 6 nitrogen and oxygen atoms in total. The lowest BCUT2D eigenvalue weighted by Crippen LogP contribution is -2.27. The maximum atomic E-state index is 8.79. The molecule has 0 aliphatic carbocycles. The second-order valence-corrected chi connectivity index (χ2v) is 6.29. The van der Waals surface area contributed by atoms with Crippen molar-refractivity contribution in [3.05, 3.63) is 78.3 Å². The van der Waals surface area contributed by atoms with Crippen LogP contribution in [0.1, 0.15) is 0 Å². The van der Waals surface area contributed by atoms with Crippen LogP contribution in [0, 0.1) is 0 Å². The predicted molar refractivity (Wildman–Crippen MR) is 108 cm³/mol. The van der Waals surface area contributed by atoms with Crippen molar-refractivity contribution in [2.45, 2.75) is 0 Å². The van der Waals surface area contributed by atoms with Crippen molar-refractivity contribution in [3.8, 4) is 11.3 Å². The lowest BCUT2D eigenvalue weighted by atomic mass is 9.88. The first-order valence-electron chi connectivity index (χ1n) is 8.41. The van der Waals surface area contributed by atoms with Gasteiger partial charge < -0.3 is 18.9 Å². The topological polar surface area (TPSA) is 92.5 Å². The van der Waals surface area contributed by atoms with Gasteiger partial charge in [0.1, 0.15) is 22.6 Å². The van der Waals surface area contributed by atoms with Gasteiger partial charge in [0.25, 0.3) is 0 Å². The van der Waals surface area contributed by atoms with Crippen molar-refractivity contribution < 1.29 is 18.9 Å². The number of benzene rings is 2. The van der Waals surface area contributed by atoms with E-state index in [1.54, 1.807) is 24.5 Å². The molecule has 2 N–H and O–H groups in total. The summed E-state index contributed by atoms with van der Waals surface area (Å²) in [4.78, 5) is 7.84. The SMILES string of the molecule is Clc1ncc(-c2cc3ccccc3o2)cn1.OB(O)c1cc2ccccc2o1. The molecular weight excluding hydrogens is 378 g/mol. The highest BCUT2D eigenvalue weighted by Crippen LogP contribution is 2.26. The summed E-state index contributed by atoms with van der Waals surface area (Å²) in [5.41, 5.74) is 2.52. The molecule has 5 rings (SSSR count). The van der Waals surface area contributed by atoms with Crippen molar-refractivity contribution in [1.29, 1.82) is 0 Å². The van der Waals surface area contributed by atoms with Crippen molar-refractivity contribution in [1.82, 2.24) is 9.97 Å². The highest BCUT2D eigenvalue weighted by molar-refractivity contribution is 6.57. The maximum Gasteiger partial charge on any atom is 0.526 e. The Kier molecular flexibility index (Phi) is 5.12. The van der Waals surface area contributed by atoms with Gasteiger partial charge in [-0.3, -0.25) is 0 Å². The van der Waals surface area contributed by atoms with Crippen molar-refractivity contribution in [3.63, 3.8) is 0 Å². The molecule has 0 unspecified atom stereocenters. The highest BCUT2D eigenvalue weighted by Gasteiger charge is 2.16. The summed E-state index contributed by atoms with van der Waals surface area (Å²) in [7, 11) is -1.53. The summed E-state index contributed by atoms with van der Waals surface area (Å²) in [5, 5.41) is 19.7. The predicted octanol–water partition coefficient (Wildman–Crippen LogP) is 3.66. The van der Waals surface area contributed by atoms with E-state index in [4.69, 9.17) is 30.5 Å². The standard InChI is InChI=1S/C12H7ClN2O.C8H7BO3/c13-12-14-6-9(7-15-12)11-5-8-3-1-2-4-10(8)16-11;10-9(11)8-5-6-3-1-2-4-7(6)12-8/h1-7H;1-5,10-11H. The molecule has 0 saturated heterocycles. The monoisotopic (exact) mass is 392 g/mol. The average Bonchev–Trinajstić information content (AvgIpc) is 3.33. The van der Waals surface area contributed by atoms with E-state index in [1.165, 1.54) is 0 Å². The third kappa shape index (κ3) is 3.92. The molecule has 8 heteroatoms. The Hall–Kier alpha value is -3.13. The first-order valence-corrected chi connectivity index (χ1v) is 8.79. The lowest BCUT2D eigenvalue weighted by molar-refractivity contribution is 0.412.